The van der Waals surface area contributed by atoms with Crippen LogP contribution in [0.4, 0.5) is 4.79 Å². The van der Waals surface area contributed by atoms with E-state index in [1.807, 2.05) is 36.4 Å². The van der Waals surface area contributed by atoms with Crippen molar-refractivity contribution in [1.29, 1.82) is 0 Å². The van der Waals surface area contributed by atoms with E-state index in [-0.39, 0.29) is 31.4 Å². The van der Waals surface area contributed by atoms with Crippen molar-refractivity contribution in [3.63, 3.8) is 0 Å². The predicted molar refractivity (Wildman–Crippen MR) is 115 cm³/mol. The number of rotatable bonds is 11. The molecule has 0 unspecified atom stereocenters. The number of carboxylic acids is 2. The van der Waals surface area contributed by atoms with Crippen LogP contribution in [0, 0.1) is 0 Å². The molecule has 1 amide bonds. The Labute approximate surface area is 181 Å². The summed E-state index contributed by atoms with van der Waals surface area (Å²) in [6.07, 6.45) is 1.14. The lowest BCUT2D eigenvalue weighted by molar-refractivity contribution is -0.138. The number of hydrogen-bond acceptors (Lipinski definition) is 4. The summed E-state index contributed by atoms with van der Waals surface area (Å²) in [6, 6.07) is 15.8. The minimum absolute atomic E-state index is 0.00179. The van der Waals surface area contributed by atoms with Crippen LogP contribution < -0.4 is 5.32 Å². The Morgan fingerprint density at radius 2 is 1.32 bits per heavy atom. The van der Waals surface area contributed by atoms with Gasteiger partial charge in [-0.15, -0.1) is 0 Å². The van der Waals surface area contributed by atoms with Gasteiger partial charge in [-0.1, -0.05) is 48.5 Å². The number of carbonyl (C=O) groups is 3. The molecule has 2 aromatic rings. The number of aliphatic carboxylic acids is 2. The van der Waals surface area contributed by atoms with Crippen LogP contribution in [-0.2, 0) is 14.3 Å². The molecule has 0 aliphatic heterocycles. The van der Waals surface area contributed by atoms with Gasteiger partial charge in [0.05, 0.1) is 0 Å². The summed E-state index contributed by atoms with van der Waals surface area (Å²) >= 11 is 0. The highest BCUT2D eigenvalue weighted by Crippen LogP contribution is 2.44. The molecule has 3 N–H and O–H groups in total. The second-order valence-corrected chi connectivity index (χ2v) is 7.74. The molecule has 3 rings (SSSR count). The van der Waals surface area contributed by atoms with Gasteiger partial charge in [0.2, 0.25) is 0 Å². The Morgan fingerprint density at radius 1 is 0.839 bits per heavy atom. The zero-order chi connectivity index (χ0) is 22.2. The molecule has 0 atom stereocenters. The van der Waals surface area contributed by atoms with E-state index in [0.717, 1.165) is 22.3 Å². The van der Waals surface area contributed by atoms with Crippen molar-refractivity contribution in [2.24, 2.45) is 0 Å². The summed E-state index contributed by atoms with van der Waals surface area (Å²) in [5, 5.41) is 20.5. The number of carbonyl (C=O) groups excluding carboxylic acids is 1. The lowest BCUT2D eigenvalue weighted by atomic mass is 9.98. The van der Waals surface area contributed by atoms with Gasteiger partial charge in [-0.25, -0.2) is 4.79 Å². The molecule has 0 saturated heterocycles. The van der Waals surface area contributed by atoms with Gasteiger partial charge in [-0.05, 0) is 47.9 Å². The molecule has 0 aromatic heterocycles. The monoisotopic (exact) mass is 425 g/mol. The van der Waals surface area contributed by atoms with E-state index in [1.165, 1.54) is 0 Å². The van der Waals surface area contributed by atoms with E-state index in [2.05, 4.69) is 17.4 Å². The first kappa shape index (κ1) is 22.3. The smallest absolute Gasteiger partial charge is 0.407 e. The lowest BCUT2D eigenvalue weighted by Gasteiger charge is -2.20. The van der Waals surface area contributed by atoms with Crippen molar-refractivity contribution in [1.82, 2.24) is 5.32 Å². The van der Waals surface area contributed by atoms with E-state index >= 15 is 0 Å². The number of ether oxygens (including phenoxy) is 1. The van der Waals surface area contributed by atoms with Gasteiger partial charge in [0, 0.05) is 24.8 Å². The topological polar surface area (TPSA) is 113 Å². The minimum atomic E-state index is -0.898. The molecule has 164 valence electrons. The fraction of sp³-hybridized carbons (Fsp3) is 0.375. The van der Waals surface area contributed by atoms with Crippen LogP contribution in [0.5, 0.6) is 0 Å². The maximum atomic E-state index is 12.5. The van der Waals surface area contributed by atoms with Gasteiger partial charge in [0.25, 0.3) is 0 Å². The second kappa shape index (κ2) is 10.6. The highest BCUT2D eigenvalue weighted by atomic mass is 16.5. The number of benzene rings is 2. The molecule has 0 bridgehead atoms. The molecule has 7 nitrogen and oxygen atoms in total. The van der Waals surface area contributed by atoms with Crippen molar-refractivity contribution >= 4 is 18.0 Å². The molecule has 1 aliphatic carbocycles. The van der Waals surface area contributed by atoms with Crippen LogP contribution in [0.25, 0.3) is 11.1 Å². The first-order valence-electron chi connectivity index (χ1n) is 10.5. The zero-order valence-electron chi connectivity index (χ0n) is 17.3. The average molecular weight is 425 g/mol. The van der Waals surface area contributed by atoms with Crippen LogP contribution >= 0.6 is 0 Å². The third kappa shape index (κ3) is 6.07. The maximum Gasteiger partial charge on any atom is 0.407 e. The molecular formula is C24H27NO6. The Balaban J connectivity index is 1.59. The second-order valence-electron chi connectivity index (χ2n) is 7.74. The SMILES string of the molecule is O=C(O)CCCC(CCCC(=O)O)NC(=O)OCC1c2ccccc2-c2ccccc21. The Bertz CT molecular complexity index is 876. The molecule has 0 spiro atoms. The van der Waals surface area contributed by atoms with Crippen molar-refractivity contribution in [3.05, 3.63) is 59.7 Å². The summed E-state index contributed by atoms with van der Waals surface area (Å²) in [5.74, 6) is -1.84. The highest BCUT2D eigenvalue weighted by molar-refractivity contribution is 5.79. The Hall–Kier alpha value is -3.35. The summed E-state index contributed by atoms with van der Waals surface area (Å²) in [7, 11) is 0. The predicted octanol–water partition coefficient (Wildman–Crippen LogP) is 4.40. The summed E-state index contributed by atoms with van der Waals surface area (Å²) in [4.78, 5) is 34.0. The first-order chi connectivity index (χ1) is 15.0. The van der Waals surface area contributed by atoms with E-state index in [9.17, 15) is 14.4 Å². The quantitative estimate of drug-likeness (QED) is 0.492. The van der Waals surface area contributed by atoms with Gasteiger partial charge in [-0.2, -0.15) is 0 Å². The van der Waals surface area contributed by atoms with Crippen molar-refractivity contribution < 1.29 is 29.3 Å². The van der Waals surface area contributed by atoms with Gasteiger partial charge in [0.1, 0.15) is 6.61 Å². The highest BCUT2D eigenvalue weighted by Gasteiger charge is 2.29. The van der Waals surface area contributed by atoms with Gasteiger partial charge in [0.15, 0.2) is 0 Å². The number of hydrogen-bond donors (Lipinski definition) is 3. The fourth-order valence-electron chi connectivity index (χ4n) is 4.09. The van der Waals surface area contributed by atoms with E-state index in [0.29, 0.717) is 25.7 Å². The Morgan fingerprint density at radius 3 is 1.81 bits per heavy atom. The molecule has 31 heavy (non-hydrogen) atoms. The number of alkyl carbamates (subject to hydrolysis) is 1. The maximum absolute atomic E-state index is 12.5. The summed E-state index contributed by atoms with van der Waals surface area (Å²) < 4.78 is 5.54. The molecule has 1 aliphatic rings. The van der Waals surface area contributed by atoms with Crippen molar-refractivity contribution in [3.8, 4) is 11.1 Å². The fourth-order valence-corrected chi connectivity index (χ4v) is 4.09. The van der Waals surface area contributed by atoms with E-state index in [1.54, 1.807) is 0 Å². The molecule has 2 aromatic carbocycles. The Kier molecular flexibility index (Phi) is 7.65. The van der Waals surface area contributed by atoms with Gasteiger partial charge in [-0.3, -0.25) is 9.59 Å². The summed E-state index contributed by atoms with van der Waals surface area (Å²) in [6.45, 7) is 0.191. The zero-order valence-corrected chi connectivity index (χ0v) is 17.3. The molecular weight excluding hydrogens is 398 g/mol. The molecule has 7 heteroatoms. The number of amides is 1. The lowest BCUT2D eigenvalue weighted by Crippen LogP contribution is -2.36. The number of carboxylic acid groups (broad SMARTS) is 2. The molecule has 0 fully saturated rings. The molecule has 0 radical (unpaired) electrons. The van der Waals surface area contributed by atoms with E-state index < -0.39 is 18.0 Å². The largest absolute Gasteiger partial charge is 0.481 e. The van der Waals surface area contributed by atoms with Crippen molar-refractivity contribution in [2.45, 2.75) is 50.5 Å². The number of nitrogens with one attached hydrogen (secondary N) is 1. The van der Waals surface area contributed by atoms with Crippen LogP contribution in [-0.4, -0.2) is 40.9 Å². The standard InChI is InChI=1S/C24H27NO6/c26-22(27)13-5-7-16(8-6-14-23(28)29)25-24(30)31-15-21-19-11-3-1-9-17(19)18-10-2-4-12-20(18)21/h1-4,9-12,16,21H,5-8,13-15H2,(H,25,30)(H,26,27)(H,28,29). The first-order valence-corrected chi connectivity index (χ1v) is 10.5. The normalized spacial score (nSPS) is 12.3. The molecule has 0 heterocycles. The van der Waals surface area contributed by atoms with Crippen molar-refractivity contribution in [2.75, 3.05) is 6.61 Å². The third-order valence-corrected chi connectivity index (χ3v) is 5.55. The van der Waals surface area contributed by atoms with Crippen LogP contribution in [0.2, 0.25) is 0 Å². The van der Waals surface area contributed by atoms with Gasteiger partial charge >= 0.3 is 18.0 Å². The minimum Gasteiger partial charge on any atom is -0.481 e. The average Bonchev–Trinajstić information content (AvgIpc) is 3.05. The van der Waals surface area contributed by atoms with Crippen LogP contribution in [0.15, 0.2) is 48.5 Å². The van der Waals surface area contributed by atoms with E-state index in [4.69, 9.17) is 14.9 Å². The third-order valence-electron chi connectivity index (χ3n) is 5.55. The van der Waals surface area contributed by atoms with Gasteiger partial charge < -0.3 is 20.3 Å². The van der Waals surface area contributed by atoms with Crippen LogP contribution in [0.1, 0.15) is 55.6 Å². The summed E-state index contributed by atoms with van der Waals surface area (Å²) in [5.41, 5.74) is 4.53. The number of fused-ring (bicyclic) bond motifs is 3. The van der Waals surface area contributed by atoms with Crippen LogP contribution in [0.3, 0.4) is 0 Å². The molecule has 0 saturated carbocycles.